The van der Waals surface area contributed by atoms with E-state index in [9.17, 15) is 5.11 Å². The number of aliphatic hydroxyl groups is 2. The summed E-state index contributed by atoms with van der Waals surface area (Å²) in [7, 11) is 0. The Kier molecular flexibility index (Phi) is 54.8. The predicted molar refractivity (Wildman–Crippen MR) is 157 cm³/mol. The summed E-state index contributed by atoms with van der Waals surface area (Å²) < 4.78 is 8.25. The average molecular weight is 550 g/mol. The maximum atomic E-state index is 10.1. The summed E-state index contributed by atoms with van der Waals surface area (Å²) in [6, 6.07) is 0. The van der Waals surface area contributed by atoms with Gasteiger partial charge in [-0.2, -0.15) is 13.8 Å². The molecule has 0 rings (SSSR count). The van der Waals surface area contributed by atoms with Crippen molar-refractivity contribution in [3.05, 3.63) is 6.42 Å². The standard InChI is InChI=1S/C26H54O.C3H8O.C3H7.O.Ti/c1-3-5-7-9-11-13-15-17-19-21-23-25-26(27)24-22-20-18-16-14-12-10-8-6-4-2;1-3(2)4;1-3-2;;/h26-27H,3-25H2,1-2H3;3-4H,1-2H3;3H,1-2H3;;/q;;-1;;+1. The van der Waals surface area contributed by atoms with E-state index < -0.39 is 0 Å². The zero-order chi connectivity index (χ0) is 28.1. The molecule has 0 radical (unpaired) electrons. The van der Waals surface area contributed by atoms with Crippen LogP contribution in [0.5, 0.6) is 0 Å². The van der Waals surface area contributed by atoms with Crippen molar-refractivity contribution in [3.63, 3.8) is 0 Å². The SMILES string of the molecule is CC(C)O.CCCCCCCCCCCCCC(O)CCCCCCCCCCCC.C[CH-]C.[O]=[Ti+]. The Hall–Kier alpha value is 0.434. The second-order valence-electron chi connectivity index (χ2n) is 10.6. The third-order valence-electron chi connectivity index (χ3n) is 6.03. The molecule has 0 aromatic rings. The van der Waals surface area contributed by atoms with Crippen LogP contribution in [0.1, 0.15) is 189 Å². The van der Waals surface area contributed by atoms with Crippen LogP contribution >= 0.6 is 0 Å². The molecule has 0 aromatic heterocycles. The fraction of sp³-hybridized carbons (Fsp3) is 0.969. The first-order chi connectivity index (χ1) is 17.5. The normalized spacial score (nSPS) is 11.1. The molecule has 0 aromatic carbocycles. The average Bonchev–Trinajstić information content (AvgIpc) is 2.85. The van der Waals surface area contributed by atoms with Gasteiger partial charge in [0.25, 0.3) is 0 Å². The molecule has 0 amide bonds. The van der Waals surface area contributed by atoms with Crippen molar-refractivity contribution in [3.8, 4) is 0 Å². The van der Waals surface area contributed by atoms with Crippen molar-refractivity contribution in [2.24, 2.45) is 0 Å². The molecular weight excluding hydrogens is 480 g/mol. The molecule has 0 aliphatic carbocycles. The van der Waals surface area contributed by atoms with Crippen molar-refractivity contribution >= 4 is 0 Å². The van der Waals surface area contributed by atoms with Gasteiger partial charge in [-0.15, -0.1) is 0 Å². The fourth-order valence-electron chi connectivity index (χ4n) is 4.06. The van der Waals surface area contributed by atoms with Crippen LogP contribution in [0.4, 0.5) is 0 Å². The summed E-state index contributed by atoms with van der Waals surface area (Å²) in [6.07, 6.45) is 33.0. The summed E-state index contributed by atoms with van der Waals surface area (Å²) >= 11 is 0.750. The second-order valence-corrected chi connectivity index (χ2v) is 10.6. The van der Waals surface area contributed by atoms with Gasteiger partial charge in [0.05, 0.1) is 6.10 Å². The number of unbranched alkanes of at least 4 members (excludes halogenated alkanes) is 19. The number of hydrogen-bond donors (Lipinski definition) is 2. The first kappa shape index (κ1) is 43.5. The first-order valence-electron chi connectivity index (χ1n) is 15.8. The Morgan fingerprint density at radius 2 is 0.667 bits per heavy atom. The molecule has 0 aliphatic heterocycles. The summed E-state index contributed by atoms with van der Waals surface area (Å²) in [6.45, 7) is 12.0. The van der Waals surface area contributed by atoms with E-state index in [4.69, 9.17) is 8.43 Å². The third-order valence-corrected chi connectivity index (χ3v) is 6.03. The molecule has 0 saturated heterocycles. The number of rotatable bonds is 23. The van der Waals surface area contributed by atoms with E-state index >= 15 is 0 Å². The topological polar surface area (TPSA) is 57.5 Å². The molecule has 0 spiro atoms. The van der Waals surface area contributed by atoms with Crippen LogP contribution in [-0.4, -0.2) is 22.4 Å². The molecule has 219 valence electrons. The van der Waals surface area contributed by atoms with Crippen LogP contribution in [0.25, 0.3) is 0 Å². The van der Waals surface area contributed by atoms with Gasteiger partial charge in [0.15, 0.2) is 0 Å². The third kappa shape index (κ3) is 59.5. The van der Waals surface area contributed by atoms with Gasteiger partial charge in [-0.25, -0.2) is 0 Å². The van der Waals surface area contributed by atoms with Gasteiger partial charge in [-0.05, 0) is 26.7 Å². The van der Waals surface area contributed by atoms with E-state index in [1.54, 1.807) is 13.8 Å². The zero-order valence-electron chi connectivity index (χ0n) is 25.8. The Morgan fingerprint density at radius 1 is 0.500 bits per heavy atom. The Bertz CT molecular complexity index is 324. The second kappa shape index (κ2) is 45.4. The zero-order valence-corrected chi connectivity index (χ0v) is 27.4. The van der Waals surface area contributed by atoms with Crippen molar-refractivity contribution in [1.29, 1.82) is 0 Å². The van der Waals surface area contributed by atoms with E-state index in [1.807, 2.05) is 20.3 Å². The summed E-state index contributed by atoms with van der Waals surface area (Å²) in [5.41, 5.74) is 0. The van der Waals surface area contributed by atoms with Crippen LogP contribution < -0.4 is 0 Å². The van der Waals surface area contributed by atoms with Gasteiger partial charge in [0, 0.05) is 6.10 Å². The minimum absolute atomic E-state index is 0.0300. The number of aliphatic hydroxyl groups excluding tert-OH is 2. The molecule has 1 unspecified atom stereocenters. The monoisotopic (exact) mass is 549 g/mol. The van der Waals surface area contributed by atoms with Gasteiger partial charge in [0.1, 0.15) is 0 Å². The quantitative estimate of drug-likeness (QED) is 0.0757. The van der Waals surface area contributed by atoms with Crippen LogP contribution in [0.3, 0.4) is 0 Å². The molecule has 4 heteroatoms. The Balaban J connectivity index is -0.000000492. The molecular formula is C32H69O3Ti. The van der Waals surface area contributed by atoms with Crippen LogP contribution in [-0.2, 0) is 23.7 Å². The van der Waals surface area contributed by atoms with Gasteiger partial charge in [-0.3, -0.25) is 0 Å². The molecule has 0 heterocycles. The van der Waals surface area contributed by atoms with E-state index in [0.717, 1.165) is 33.2 Å². The molecule has 3 nitrogen and oxygen atoms in total. The van der Waals surface area contributed by atoms with Crippen molar-refractivity contribution in [1.82, 2.24) is 0 Å². The molecule has 0 aliphatic rings. The van der Waals surface area contributed by atoms with Gasteiger partial charge in [-0.1, -0.05) is 149 Å². The molecule has 36 heavy (non-hydrogen) atoms. The van der Waals surface area contributed by atoms with E-state index in [1.165, 1.54) is 135 Å². The summed E-state index contributed by atoms with van der Waals surface area (Å²) in [5.74, 6) is 0. The Labute approximate surface area is 241 Å². The minimum atomic E-state index is -0.167. The van der Waals surface area contributed by atoms with Crippen molar-refractivity contribution in [2.75, 3.05) is 0 Å². The van der Waals surface area contributed by atoms with Crippen LogP contribution in [0.15, 0.2) is 0 Å². The first-order valence-corrected chi connectivity index (χ1v) is 16.4. The van der Waals surface area contributed by atoms with E-state index in [-0.39, 0.29) is 12.2 Å². The molecule has 0 fully saturated rings. The predicted octanol–water partition coefficient (Wildman–Crippen LogP) is 10.9. The van der Waals surface area contributed by atoms with Crippen LogP contribution in [0, 0.1) is 6.42 Å². The van der Waals surface area contributed by atoms with Gasteiger partial charge in [0.2, 0.25) is 0 Å². The van der Waals surface area contributed by atoms with E-state index in [0.29, 0.717) is 0 Å². The molecule has 2 N–H and O–H groups in total. The molecule has 1 atom stereocenters. The van der Waals surface area contributed by atoms with Gasteiger partial charge < -0.3 is 16.6 Å². The summed E-state index contributed by atoms with van der Waals surface area (Å²) in [5, 5.41) is 18.2. The Morgan fingerprint density at radius 3 is 0.861 bits per heavy atom. The maximum absolute atomic E-state index is 10.1. The van der Waals surface area contributed by atoms with Crippen molar-refractivity contribution in [2.45, 2.75) is 201 Å². The van der Waals surface area contributed by atoms with Gasteiger partial charge >= 0.3 is 23.7 Å². The molecule has 0 bridgehead atoms. The fourth-order valence-corrected chi connectivity index (χ4v) is 4.06. The van der Waals surface area contributed by atoms with Crippen molar-refractivity contribution < 1.29 is 33.9 Å². The molecule has 0 saturated carbocycles. The summed E-state index contributed by atoms with van der Waals surface area (Å²) in [4.78, 5) is 0. The number of hydrogen-bond acceptors (Lipinski definition) is 3. The van der Waals surface area contributed by atoms with Crippen LogP contribution in [0.2, 0.25) is 0 Å². The van der Waals surface area contributed by atoms with E-state index in [2.05, 4.69) is 13.8 Å².